The van der Waals surface area contributed by atoms with Gasteiger partial charge < -0.3 is 23.9 Å². The molecule has 2 aromatic rings. The Morgan fingerprint density at radius 1 is 1.38 bits per heavy atom. The molecule has 2 aliphatic heterocycles. The Morgan fingerprint density at radius 2 is 2.27 bits per heavy atom. The Balaban J connectivity index is 1.45. The zero-order valence-corrected chi connectivity index (χ0v) is 14.7. The summed E-state index contributed by atoms with van der Waals surface area (Å²) in [6.07, 6.45) is 4.10. The zero-order valence-electron chi connectivity index (χ0n) is 14.7. The molecule has 0 unspecified atom stereocenters. The lowest BCUT2D eigenvalue weighted by atomic mass is 10.1. The second-order valence-corrected chi connectivity index (χ2v) is 6.71. The first-order valence-electron chi connectivity index (χ1n) is 8.89. The summed E-state index contributed by atoms with van der Waals surface area (Å²) in [6.45, 7) is 4.67. The number of furan rings is 1. The van der Waals surface area contributed by atoms with Gasteiger partial charge in [-0.1, -0.05) is 0 Å². The predicted octanol–water partition coefficient (Wildman–Crippen LogP) is 1.35. The van der Waals surface area contributed by atoms with E-state index in [1.807, 2.05) is 16.4 Å². The third-order valence-corrected chi connectivity index (χ3v) is 5.03. The number of nitrogens with zero attached hydrogens (tertiary/aromatic N) is 3. The highest BCUT2D eigenvalue weighted by molar-refractivity contribution is 5.92. The van der Waals surface area contributed by atoms with Crippen molar-refractivity contribution in [3.8, 4) is 0 Å². The Hall–Kier alpha value is -2.61. The second-order valence-electron chi connectivity index (χ2n) is 6.71. The van der Waals surface area contributed by atoms with Crippen molar-refractivity contribution in [3.63, 3.8) is 0 Å². The number of carbonyl (C=O) groups excluding carboxylic acids is 2. The van der Waals surface area contributed by atoms with Gasteiger partial charge in [-0.15, -0.1) is 0 Å². The van der Waals surface area contributed by atoms with Crippen molar-refractivity contribution in [2.45, 2.75) is 32.5 Å². The van der Waals surface area contributed by atoms with E-state index >= 15 is 0 Å². The van der Waals surface area contributed by atoms with Crippen LogP contribution in [0, 0.1) is 5.92 Å². The van der Waals surface area contributed by atoms with E-state index in [0.717, 1.165) is 12.2 Å². The molecule has 2 atom stereocenters. The fourth-order valence-electron chi connectivity index (χ4n) is 3.54. The summed E-state index contributed by atoms with van der Waals surface area (Å²) >= 11 is 0. The van der Waals surface area contributed by atoms with Crippen molar-refractivity contribution in [1.82, 2.24) is 19.8 Å². The quantitative estimate of drug-likeness (QED) is 0.891. The summed E-state index contributed by atoms with van der Waals surface area (Å²) in [6, 6.07) is 3.42. The van der Waals surface area contributed by atoms with E-state index in [-0.39, 0.29) is 23.8 Å². The molecule has 0 aromatic carbocycles. The lowest BCUT2D eigenvalue weighted by molar-refractivity contribution is -0.138. The molecule has 0 aliphatic carbocycles. The SMILES string of the molecule is C[C@@H]1c2nc(C(=O)NCc3ccco3)cn2CCN1C(=O)[C@@H]1CCOC1. The van der Waals surface area contributed by atoms with Crippen LogP contribution in [-0.4, -0.2) is 46.0 Å². The highest BCUT2D eigenvalue weighted by atomic mass is 16.5. The zero-order chi connectivity index (χ0) is 18.1. The number of ether oxygens (including phenoxy) is 1. The fraction of sp³-hybridized carbons (Fsp3) is 0.500. The smallest absolute Gasteiger partial charge is 0.271 e. The first kappa shape index (κ1) is 16.8. The maximum Gasteiger partial charge on any atom is 0.271 e. The molecule has 2 aromatic heterocycles. The Kier molecular flexibility index (Phi) is 4.50. The minimum Gasteiger partial charge on any atom is -0.467 e. The highest BCUT2D eigenvalue weighted by Gasteiger charge is 2.35. The molecule has 0 radical (unpaired) electrons. The summed E-state index contributed by atoms with van der Waals surface area (Å²) in [5, 5.41) is 2.80. The maximum atomic E-state index is 12.7. The molecule has 1 fully saturated rings. The molecular formula is C18H22N4O4. The average Bonchev–Trinajstić information content (AvgIpc) is 3.40. The van der Waals surface area contributed by atoms with Crippen LogP contribution in [0.4, 0.5) is 0 Å². The first-order valence-corrected chi connectivity index (χ1v) is 8.89. The summed E-state index contributed by atoms with van der Waals surface area (Å²) in [5.74, 6) is 1.23. The van der Waals surface area contributed by atoms with Gasteiger partial charge in [0.1, 0.15) is 17.3 Å². The largest absolute Gasteiger partial charge is 0.467 e. The Bertz CT molecular complexity index is 792. The molecular weight excluding hydrogens is 336 g/mol. The minimum absolute atomic E-state index is 0.0602. The van der Waals surface area contributed by atoms with Gasteiger partial charge in [0.15, 0.2) is 0 Å². The van der Waals surface area contributed by atoms with E-state index in [1.165, 1.54) is 0 Å². The lowest BCUT2D eigenvalue weighted by Gasteiger charge is -2.35. The number of nitrogens with one attached hydrogen (secondary N) is 1. The Morgan fingerprint density at radius 3 is 3.00 bits per heavy atom. The molecule has 0 spiro atoms. The van der Waals surface area contributed by atoms with Crippen LogP contribution in [0.5, 0.6) is 0 Å². The molecule has 0 saturated carbocycles. The van der Waals surface area contributed by atoms with Crippen molar-refractivity contribution in [2.24, 2.45) is 5.92 Å². The number of amides is 2. The van der Waals surface area contributed by atoms with E-state index in [9.17, 15) is 9.59 Å². The number of rotatable bonds is 4. The van der Waals surface area contributed by atoms with Gasteiger partial charge in [-0.3, -0.25) is 9.59 Å². The standard InChI is InChI=1S/C18H22N4O4/c1-12-16-20-15(17(23)19-9-14-3-2-7-26-14)10-21(16)5-6-22(12)18(24)13-4-8-25-11-13/h2-3,7,10,12-13H,4-6,8-9,11H2,1H3,(H,19,23)/t12-,13-/m1/s1. The molecule has 8 nitrogen and oxygen atoms in total. The van der Waals surface area contributed by atoms with Crippen LogP contribution >= 0.6 is 0 Å². The van der Waals surface area contributed by atoms with Crippen molar-refractivity contribution in [2.75, 3.05) is 19.8 Å². The number of carbonyl (C=O) groups is 2. The van der Waals surface area contributed by atoms with Crippen molar-refractivity contribution in [3.05, 3.63) is 41.9 Å². The number of hydrogen-bond donors (Lipinski definition) is 1. The summed E-state index contributed by atoms with van der Waals surface area (Å²) in [7, 11) is 0. The molecule has 1 saturated heterocycles. The normalized spacial score (nSPS) is 22.3. The van der Waals surface area contributed by atoms with Crippen LogP contribution in [0.1, 0.15) is 41.5 Å². The van der Waals surface area contributed by atoms with Crippen molar-refractivity contribution < 1.29 is 18.7 Å². The topological polar surface area (TPSA) is 89.6 Å². The maximum absolute atomic E-state index is 12.7. The van der Waals surface area contributed by atoms with Gasteiger partial charge in [-0.2, -0.15) is 0 Å². The predicted molar refractivity (Wildman–Crippen MR) is 91.2 cm³/mol. The van der Waals surface area contributed by atoms with Crippen LogP contribution in [0.3, 0.4) is 0 Å². The van der Waals surface area contributed by atoms with Crippen LogP contribution in [-0.2, 0) is 22.6 Å². The Labute approximate surface area is 151 Å². The minimum atomic E-state index is -0.252. The van der Waals surface area contributed by atoms with Gasteiger partial charge in [0.2, 0.25) is 5.91 Å². The van der Waals surface area contributed by atoms with Gasteiger partial charge in [0.05, 0.1) is 31.4 Å². The molecule has 138 valence electrons. The van der Waals surface area contributed by atoms with Crippen molar-refractivity contribution in [1.29, 1.82) is 0 Å². The van der Waals surface area contributed by atoms with E-state index in [1.54, 1.807) is 24.6 Å². The van der Waals surface area contributed by atoms with E-state index in [2.05, 4.69) is 10.3 Å². The van der Waals surface area contributed by atoms with Gasteiger partial charge in [0.25, 0.3) is 5.91 Å². The average molecular weight is 358 g/mol. The molecule has 26 heavy (non-hydrogen) atoms. The van der Waals surface area contributed by atoms with Crippen molar-refractivity contribution >= 4 is 11.8 Å². The summed E-state index contributed by atoms with van der Waals surface area (Å²) in [5.41, 5.74) is 0.358. The number of aromatic nitrogens is 2. The molecule has 2 aliphatic rings. The van der Waals surface area contributed by atoms with Gasteiger partial charge in [-0.25, -0.2) is 4.98 Å². The summed E-state index contributed by atoms with van der Waals surface area (Å²) in [4.78, 5) is 31.4. The molecule has 8 heteroatoms. The number of fused-ring (bicyclic) bond motifs is 1. The van der Waals surface area contributed by atoms with Crippen LogP contribution in [0.15, 0.2) is 29.0 Å². The van der Waals surface area contributed by atoms with E-state index in [0.29, 0.717) is 44.3 Å². The number of hydrogen-bond acceptors (Lipinski definition) is 5. The lowest BCUT2D eigenvalue weighted by Crippen LogP contribution is -2.44. The van der Waals surface area contributed by atoms with E-state index in [4.69, 9.17) is 9.15 Å². The molecule has 4 heterocycles. The third kappa shape index (κ3) is 3.12. The molecule has 4 rings (SSSR count). The van der Waals surface area contributed by atoms with Gasteiger partial charge >= 0.3 is 0 Å². The van der Waals surface area contributed by atoms with Crippen LogP contribution < -0.4 is 5.32 Å². The molecule has 0 bridgehead atoms. The van der Waals surface area contributed by atoms with E-state index < -0.39 is 0 Å². The van der Waals surface area contributed by atoms with Gasteiger partial charge in [-0.05, 0) is 25.5 Å². The number of imidazole rings is 1. The van der Waals surface area contributed by atoms with Crippen LogP contribution in [0.25, 0.3) is 0 Å². The molecule has 2 amide bonds. The first-order chi connectivity index (χ1) is 12.6. The van der Waals surface area contributed by atoms with Crippen LogP contribution in [0.2, 0.25) is 0 Å². The monoisotopic (exact) mass is 358 g/mol. The molecule has 1 N–H and O–H groups in total. The second kappa shape index (κ2) is 6.95. The third-order valence-electron chi connectivity index (χ3n) is 5.03. The fourth-order valence-corrected chi connectivity index (χ4v) is 3.54. The summed E-state index contributed by atoms with van der Waals surface area (Å²) < 4.78 is 12.5. The van der Waals surface area contributed by atoms with Gasteiger partial charge in [0, 0.05) is 25.9 Å². The highest BCUT2D eigenvalue weighted by Crippen LogP contribution is 2.28.